The molecule has 5 heteroatoms. The Labute approximate surface area is 122 Å². The average Bonchev–Trinajstić information content (AvgIpc) is 2.99. The van der Waals surface area contributed by atoms with E-state index < -0.39 is 0 Å². The van der Waals surface area contributed by atoms with Crippen molar-refractivity contribution in [2.75, 3.05) is 13.6 Å². The van der Waals surface area contributed by atoms with Crippen LogP contribution in [0.1, 0.15) is 17.7 Å². The van der Waals surface area contributed by atoms with Crippen LogP contribution >= 0.6 is 0 Å². The number of para-hydroxylation sites is 1. The average molecular weight is 283 g/mol. The van der Waals surface area contributed by atoms with Crippen LogP contribution in [0.25, 0.3) is 10.9 Å². The lowest BCUT2D eigenvalue weighted by atomic mass is 10.0. The summed E-state index contributed by atoms with van der Waals surface area (Å²) in [6.45, 7) is 1.55. The van der Waals surface area contributed by atoms with E-state index in [1.165, 1.54) is 21.5 Å². The Bertz CT molecular complexity index is 749. The maximum atomic E-state index is 12.2. The Balaban J connectivity index is 1.68. The molecule has 1 fully saturated rings. The quantitative estimate of drug-likeness (QED) is 0.802. The zero-order valence-corrected chi connectivity index (χ0v) is 11.9. The predicted molar refractivity (Wildman–Crippen MR) is 78.6 cm³/mol. The number of aromatic amines is 1. The molecule has 1 N–H and O–H groups in total. The molecule has 2 aliphatic rings. The van der Waals surface area contributed by atoms with Gasteiger partial charge >= 0.3 is 0 Å². The van der Waals surface area contributed by atoms with Gasteiger partial charge in [-0.1, -0.05) is 18.2 Å². The Morgan fingerprint density at radius 2 is 2.05 bits per heavy atom. The van der Waals surface area contributed by atoms with Gasteiger partial charge in [-0.2, -0.15) is 0 Å². The molecule has 0 aliphatic carbocycles. The van der Waals surface area contributed by atoms with E-state index in [0.717, 1.165) is 25.0 Å². The summed E-state index contributed by atoms with van der Waals surface area (Å²) in [6.07, 6.45) is 1.21. The number of carbonyl (C=O) groups excluding carboxylic acids is 2. The van der Waals surface area contributed by atoms with Crippen LogP contribution in [0.15, 0.2) is 24.3 Å². The maximum Gasteiger partial charge on any atom is 0.246 e. The molecule has 3 heterocycles. The fraction of sp³-hybridized carbons (Fsp3) is 0.375. The highest BCUT2D eigenvalue weighted by atomic mass is 16.2. The van der Waals surface area contributed by atoms with Crippen molar-refractivity contribution in [3.63, 3.8) is 0 Å². The topological polar surface area (TPSA) is 56.4 Å². The lowest BCUT2D eigenvalue weighted by Gasteiger charge is -2.30. The molecule has 0 unspecified atom stereocenters. The van der Waals surface area contributed by atoms with Crippen molar-refractivity contribution in [2.24, 2.45) is 0 Å². The van der Waals surface area contributed by atoms with Gasteiger partial charge in [-0.3, -0.25) is 19.4 Å². The second kappa shape index (κ2) is 4.43. The van der Waals surface area contributed by atoms with Crippen LogP contribution in [0.5, 0.6) is 0 Å². The van der Waals surface area contributed by atoms with Crippen molar-refractivity contribution in [3.05, 3.63) is 35.5 Å². The molecule has 2 aliphatic heterocycles. The molecule has 2 amide bonds. The van der Waals surface area contributed by atoms with Gasteiger partial charge in [-0.05, 0) is 11.6 Å². The van der Waals surface area contributed by atoms with E-state index in [0.29, 0.717) is 6.42 Å². The van der Waals surface area contributed by atoms with Crippen molar-refractivity contribution in [2.45, 2.75) is 25.4 Å². The van der Waals surface area contributed by atoms with E-state index >= 15 is 0 Å². The first-order chi connectivity index (χ1) is 10.1. The number of nitrogens with zero attached hydrogens (tertiary/aromatic N) is 2. The fourth-order valence-electron chi connectivity index (χ4n) is 3.47. The Hall–Kier alpha value is -2.14. The molecule has 1 saturated heterocycles. The summed E-state index contributed by atoms with van der Waals surface area (Å²) >= 11 is 0. The summed E-state index contributed by atoms with van der Waals surface area (Å²) < 4.78 is 0. The van der Waals surface area contributed by atoms with E-state index in [2.05, 4.69) is 22.0 Å². The zero-order chi connectivity index (χ0) is 14.6. The normalized spacial score (nSPS) is 23.1. The number of hydrogen-bond acceptors (Lipinski definition) is 3. The summed E-state index contributed by atoms with van der Waals surface area (Å²) in [6, 6.07) is 7.96. The van der Waals surface area contributed by atoms with Gasteiger partial charge in [0, 0.05) is 43.2 Å². The lowest BCUT2D eigenvalue weighted by molar-refractivity contribution is -0.138. The number of nitrogens with one attached hydrogen (secondary N) is 1. The van der Waals surface area contributed by atoms with Crippen LogP contribution in [-0.4, -0.2) is 46.2 Å². The molecule has 5 nitrogen and oxygen atoms in total. The van der Waals surface area contributed by atoms with Gasteiger partial charge in [-0.25, -0.2) is 0 Å². The zero-order valence-electron chi connectivity index (χ0n) is 11.9. The smallest absolute Gasteiger partial charge is 0.246 e. The largest absolute Gasteiger partial charge is 0.358 e. The first-order valence-corrected chi connectivity index (χ1v) is 7.28. The Morgan fingerprint density at radius 1 is 1.24 bits per heavy atom. The van der Waals surface area contributed by atoms with Crippen molar-refractivity contribution in [1.29, 1.82) is 0 Å². The minimum Gasteiger partial charge on any atom is -0.358 e. The van der Waals surface area contributed by atoms with Gasteiger partial charge in [0.25, 0.3) is 0 Å². The minimum atomic E-state index is -0.288. The molecular weight excluding hydrogens is 266 g/mol. The molecule has 4 rings (SSSR count). The van der Waals surface area contributed by atoms with Gasteiger partial charge in [0.05, 0.1) is 12.5 Å². The number of rotatable bonds is 1. The Morgan fingerprint density at radius 3 is 2.81 bits per heavy atom. The van der Waals surface area contributed by atoms with Gasteiger partial charge in [0.15, 0.2) is 0 Å². The van der Waals surface area contributed by atoms with Crippen molar-refractivity contribution >= 4 is 22.7 Å². The molecule has 1 aromatic heterocycles. The first kappa shape index (κ1) is 12.6. The van der Waals surface area contributed by atoms with Crippen LogP contribution in [0.2, 0.25) is 0 Å². The number of fused-ring (bicyclic) bond motifs is 3. The van der Waals surface area contributed by atoms with Crippen molar-refractivity contribution < 1.29 is 9.59 Å². The monoisotopic (exact) mass is 283 g/mol. The number of aromatic nitrogens is 1. The Kier molecular flexibility index (Phi) is 2.65. The standard InChI is InChI=1S/C16H17N3O2/c1-18-15(20)8-14(16(18)21)19-7-6-13-11(9-19)10-4-2-3-5-12(10)17-13/h2-5,14,17H,6-9H2,1H3/t14-/m1/s1. The molecule has 1 atom stereocenters. The van der Waals surface area contributed by atoms with E-state index in [1.54, 1.807) is 7.05 Å². The summed E-state index contributed by atoms with van der Waals surface area (Å²) in [7, 11) is 1.58. The van der Waals surface area contributed by atoms with Crippen LogP contribution in [-0.2, 0) is 22.6 Å². The number of likely N-dealkylation sites (N-methyl/N-ethyl adjacent to an activating group) is 1. The summed E-state index contributed by atoms with van der Waals surface area (Å²) in [4.78, 5) is 30.8. The number of carbonyl (C=O) groups is 2. The molecule has 0 saturated carbocycles. The number of amides is 2. The number of likely N-dealkylation sites (tertiary alicyclic amines) is 1. The van der Waals surface area contributed by atoms with E-state index in [1.807, 2.05) is 12.1 Å². The third kappa shape index (κ3) is 1.81. The van der Waals surface area contributed by atoms with Gasteiger partial charge in [0.2, 0.25) is 11.8 Å². The molecule has 0 radical (unpaired) electrons. The molecule has 0 bridgehead atoms. The van der Waals surface area contributed by atoms with Gasteiger partial charge in [-0.15, -0.1) is 0 Å². The minimum absolute atomic E-state index is 0.0664. The third-order valence-electron chi connectivity index (χ3n) is 4.71. The highest BCUT2D eigenvalue weighted by molar-refractivity contribution is 6.05. The first-order valence-electron chi connectivity index (χ1n) is 7.28. The van der Waals surface area contributed by atoms with E-state index in [-0.39, 0.29) is 17.9 Å². The fourth-order valence-corrected chi connectivity index (χ4v) is 3.47. The highest BCUT2D eigenvalue weighted by Gasteiger charge is 2.40. The lowest BCUT2D eigenvalue weighted by Crippen LogP contribution is -2.43. The van der Waals surface area contributed by atoms with Crippen molar-refractivity contribution in [3.8, 4) is 0 Å². The molecule has 1 aromatic carbocycles. The molecular formula is C16H17N3O2. The number of imide groups is 1. The van der Waals surface area contributed by atoms with Crippen LogP contribution in [0.3, 0.4) is 0 Å². The SMILES string of the molecule is CN1C(=O)C[C@@H](N2CCc3[nH]c4ccccc4c3C2)C1=O. The van der Waals surface area contributed by atoms with Crippen molar-refractivity contribution in [1.82, 2.24) is 14.8 Å². The number of benzene rings is 1. The van der Waals surface area contributed by atoms with Crippen LogP contribution in [0.4, 0.5) is 0 Å². The summed E-state index contributed by atoms with van der Waals surface area (Å²) in [5, 5.41) is 1.22. The van der Waals surface area contributed by atoms with Crippen LogP contribution < -0.4 is 0 Å². The van der Waals surface area contributed by atoms with Crippen LogP contribution in [0, 0.1) is 0 Å². The molecule has 108 valence electrons. The molecule has 2 aromatic rings. The highest BCUT2D eigenvalue weighted by Crippen LogP contribution is 2.30. The van der Waals surface area contributed by atoms with E-state index in [4.69, 9.17) is 0 Å². The van der Waals surface area contributed by atoms with Gasteiger partial charge in [0.1, 0.15) is 0 Å². The predicted octanol–water partition coefficient (Wildman–Crippen LogP) is 1.28. The third-order valence-corrected chi connectivity index (χ3v) is 4.71. The van der Waals surface area contributed by atoms with E-state index in [9.17, 15) is 9.59 Å². The second-order valence-electron chi connectivity index (χ2n) is 5.86. The molecule has 21 heavy (non-hydrogen) atoms. The van der Waals surface area contributed by atoms with Gasteiger partial charge < -0.3 is 4.98 Å². The number of hydrogen-bond donors (Lipinski definition) is 1. The maximum absolute atomic E-state index is 12.2. The summed E-state index contributed by atoms with van der Waals surface area (Å²) in [5.41, 5.74) is 3.68. The molecule has 0 spiro atoms. The number of H-pyrrole nitrogens is 1. The summed E-state index contributed by atoms with van der Waals surface area (Å²) in [5.74, 6) is -0.141. The second-order valence-corrected chi connectivity index (χ2v) is 5.86.